The number of hydrogen-bond donors (Lipinski definition) is 3. The fourth-order valence-electron chi connectivity index (χ4n) is 3.34. The van der Waals surface area contributed by atoms with Crippen molar-refractivity contribution in [2.45, 2.75) is 32.6 Å². The highest BCUT2D eigenvalue weighted by Gasteiger charge is 2.19. The number of benzene rings is 2. The summed E-state index contributed by atoms with van der Waals surface area (Å²) in [5, 5.41) is 8.70. The van der Waals surface area contributed by atoms with Crippen molar-refractivity contribution in [3.63, 3.8) is 0 Å². The van der Waals surface area contributed by atoms with Crippen LogP contribution in [0.15, 0.2) is 48.5 Å². The van der Waals surface area contributed by atoms with Gasteiger partial charge in [0, 0.05) is 42.1 Å². The first-order valence-corrected chi connectivity index (χ1v) is 10.4. The zero-order valence-corrected chi connectivity index (χ0v) is 17.2. The van der Waals surface area contributed by atoms with E-state index in [1.807, 2.05) is 30.0 Å². The second kappa shape index (κ2) is 10.4. The molecule has 1 saturated heterocycles. The van der Waals surface area contributed by atoms with Crippen molar-refractivity contribution in [3.05, 3.63) is 54.1 Å². The lowest BCUT2D eigenvalue weighted by Gasteiger charge is -2.15. The van der Waals surface area contributed by atoms with Crippen LogP contribution in [-0.4, -0.2) is 42.3 Å². The Labute approximate surface area is 176 Å². The predicted octanol–water partition coefficient (Wildman–Crippen LogP) is 3.71. The normalized spacial score (nSPS) is 13.0. The summed E-state index contributed by atoms with van der Waals surface area (Å²) in [5.41, 5.74) is 2.71. The van der Waals surface area contributed by atoms with E-state index in [1.165, 1.54) is 0 Å². The molecule has 1 fully saturated rings. The number of likely N-dealkylation sites (tertiary alicyclic amines) is 1. The molecular weight excluding hydrogens is 380 g/mol. The summed E-state index contributed by atoms with van der Waals surface area (Å²) in [7, 11) is 0. The van der Waals surface area contributed by atoms with Crippen LogP contribution in [0, 0.1) is 0 Å². The van der Waals surface area contributed by atoms with E-state index in [9.17, 15) is 14.4 Å². The van der Waals surface area contributed by atoms with Crippen molar-refractivity contribution in [2.75, 3.05) is 35.6 Å². The summed E-state index contributed by atoms with van der Waals surface area (Å²) < 4.78 is 0. The Balaban J connectivity index is 1.48. The van der Waals surface area contributed by atoms with Crippen LogP contribution in [0.2, 0.25) is 0 Å². The van der Waals surface area contributed by atoms with Gasteiger partial charge in [-0.3, -0.25) is 14.4 Å². The second-order valence-corrected chi connectivity index (χ2v) is 7.36. The molecule has 7 nitrogen and oxygen atoms in total. The molecule has 3 rings (SSSR count). The van der Waals surface area contributed by atoms with Crippen LogP contribution >= 0.6 is 0 Å². The standard InChI is InChI=1S/C23H28N4O3/c1-2-6-21(28)26-20-8-5-7-19(15-20)24-16-22(29)25-18-11-9-17(10-12-18)23(30)27-13-3-4-14-27/h5,7-12,15,24H,2-4,6,13-14,16H2,1H3,(H,25,29)(H,26,28). The molecule has 0 aliphatic carbocycles. The van der Waals surface area contributed by atoms with Gasteiger partial charge in [0.2, 0.25) is 11.8 Å². The molecule has 0 radical (unpaired) electrons. The molecule has 0 saturated carbocycles. The first kappa shape index (κ1) is 21.4. The maximum atomic E-state index is 12.4. The highest BCUT2D eigenvalue weighted by atomic mass is 16.2. The van der Waals surface area contributed by atoms with Gasteiger partial charge in [0.15, 0.2) is 0 Å². The molecule has 0 atom stereocenters. The molecule has 2 aromatic carbocycles. The molecule has 158 valence electrons. The molecule has 0 bridgehead atoms. The van der Waals surface area contributed by atoms with Gasteiger partial charge in [0.1, 0.15) is 0 Å². The average Bonchev–Trinajstić information content (AvgIpc) is 3.28. The third-order valence-electron chi connectivity index (χ3n) is 4.89. The van der Waals surface area contributed by atoms with Gasteiger partial charge in [-0.25, -0.2) is 0 Å². The Kier molecular flexibility index (Phi) is 7.43. The molecule has 0 aromatic heterocycles. The van der Waals surface area contributed by atoms with Crippen molar-refractivity contribution in [3.8, 4) is 0 Å². The lowest BCUT2D eigenvalue weighted by atomic mass is 10.2. The van der Waals surface area contributed by atoms with E-state index >= 15 is 0 Å². The van der Waals surface area contributed by atoms with Crippen molar-refractivity contribution < 1.29 is 14.4 Å². The van der Waals surface area contributed by atoms with Gasteiger partial charge in [-0.05, 0) is 61.7 Å². The highest BCUT2D eigenvalue weighted by molar-refractivity contribution is 5.97. The summed E-state index contributed by atoms with van der Waals surface area (Å²) in [6, 6.07) is 14.2. The quantitative estimate of drug-likeness (QED) is 0.621. The fraction of sp³-hybridized carbons (Fsp3) is 0.348. The molecule has 1 aliphatic heterocycles. The van der Waals surface area contributed by atoms with E-state index in [0.29, 0.717) is 23.4 Å². The van der Waals surface area contributed by atoms with Crippen LogP contribution in [0.25, 0.3) is 0 Å². The highest BCUT2D eigenvalue weighted by Crippen LogP contribution is 2.17. The van der Waals surface area contributed by atoms with Crippen LogP contribution < -0.4 is 16.0 Å². The smallest absolute Gasteiger partial charge is 0.253 e. The molecule has 30 heavy (non-hydrogen) atoms. The van der Waals surface area contributed by atoms with E-state index in [2.05, 4.69) is 16.0 Å². The van der Waals surface area contributed by atoms with Crippen LogP contribution in [0.3, 0.4) is 0 Å². The zero-order valence-electron chi connectivity index (χ0n) is 17.2. The van der Waals surface area contributed by atoms with Gasteiger partial charge in [-0.15, -0.1) is 0 Å². The van der Waals surface area contributed by atoms with Crippen LogP contribution in [0.4, 0.5) is 17.1 Å². The van der Waals surface area contributed by atoms with Crippen LogP contribution in [-0.2, 0) is 9.59 Å². The number of rotatable bonds is 8. The van der Waals surface area contributed by atoms with Crippen molar-refractivity contribution >= 4 is 34.8 Å². The summed E-state index contributed by atoms with van der Waals surface area (Å²) in [4.78, 5) is 38.2. The fourth-order valence-corrected chi connectivity index (χ4v) is 3.34. The molecule has 1 aliphatic rings. The molecule has 0 unspecified atom stereocenters. The van der Waals surface area contributed by atoms with Gasteiger partial charge in [-0.1, -0.05) is 13.0 Å². The predicted molar refractivity (Wildman–Crippen MR) is 119 cm³/mol. The van der Waals surface area contributed by atoms with Gasteiger partial charge in [0.25, 0.3) is 5.91 Å². The van der Waals surface area contributed by atoms with Crippen LogP contribution in [0.1, 0.15) is 43.0 Å². The molecule has 7 heteroatoms. The SMILES string of the molecule is CCCC(=O)Nc1cccc(NCC(=O)Nc2ccc(C(=O)N3CCCC3)cc2)c1. The minimum Gasteiger partial charge on any atom is -0.376 e. The number of nitrogens with zero attached hydrogens (tertiary/aromatic N) is 1. The van der Waals surface area contributed by atoms with E-state index in [-0.39, 0.29) is 24.3 Å². The van der Waals surface area contributed by atoms with Crippen molar-refractivity contribution in [2.24, 2.45) is 0 Å². The Hall–Kier alpha value is -3.35. The number of hydrogen-bond acceptors (Lipinski definition) is 4. The molecular formula is C23H28N4O3. The number of carbonyl (C=O) groups excluding carboxylic acids is 3. The first-order chi connectivity index (χ1) is 14.5. The largest absolute Gasteiger partial charge is 0.376 e. The minimum atomic E-state index is -0.200. The van der Waals surface area contributed by atoms with Crippen LogP contribution in [0.5, 0.6) is 0 Å². The second-order valence-electron chi connectivity index (χ2n) is 7.36. The number of nitrogens with one attached hydrogen (secondary N) is 3. The monoisotopic (exact) mass is 408 g/mol. The Morgan fingerprint density at radius 2 is 1.53 bits per heavy atom. The molecule has 2 aromatic rings. The lowest BCUT2D eigenvalue weighted by molar-refractivity contribution is -0.116. The molecule has 1 heterocycles. The summed E-state index contributed by atoms with van der Waals surface area (Å²) in [6.07, 6.45) is 3.38. The average molecular weight is 409 g/mol. The number of anilines is 3. The van der Waals surface area contributed by atoms with Gasteiger partial charge >= 0.3 is 0 Å². The van der Waals surface area contributed by atoms with Gasteiger partial charge in [-0.2, -0.15) is 0 Å². The lowest BCUT2D eigenvalue weighted by Crippen LogP contribution is -2.27. The maximum Gasteiger partial charge on any atom is 0.253 e. The van der Waals surface area contributed by atoms with Gasteiger partial charge in [0.05, 0.1) is 6.54 Å². The third kappa shape index (κ3) is 6.07. The van der Waals surface area contributed by atoms with E-state index in [4.69, 9.17) is 0 Å². The van der Waals surface area contributed by atoms with E-state index in [0.717, 1.165) is 38.0 Å². The summed E-state index contributed by atoms with van der Waals surface area (Å²) in [5.74, 6) is -0.189. The van der Waals surface area contributed by atoms with Crippen molar-refractivity contribution in [1.29, 1.82) is 0 Å². The number of carbonyl (C=O) groups is 3. The Morgan fingerprint density at radius 3 is 2.23 bits per heavy atom. The van der Waals surface area contributed by atoms with Gasteiger partial charge < -0.3 is 20.9 Å². The summed E-state index contributed by atoms with van der Waals surface area (Å²) in [6.45, 7) is 3.66. The zero-order chi connectivity index (χ0) is 21.3. The van der Waals surface area contributed by atoms with Crippen molar-refractivity contribution in [1.82, 2.24) is 4.90 Å². The molecule has 0 spiro atoms. The third-order valence-corrected chi connectivity index (χ3v) is 4.89. The maximum absolute atomic E-state index is 12.4. The number of amides is 3. The van der Waals surface area contributed by atoms with E-state index < -0.39 is 0 Å². The van der Waals surface area contributed by atoms with E-state index in [1.54, 1.807) is 30.3 Å². The summed E-state index contributed by atoms with van der Waals surface area (Å²) >= 11 is 0. The Morgan fingerprint density at radius 1 is 0.867 bits per heavy atom. The first-order valence-electron chi connectivity index (χ1n) is 10.4. The molecule has 3 N–H and O–H groups in total. The topological polar surface area (TPSA) is 90.5 Å². The minimum absolute atomic E-state index is 0.0287. The Bertz CT molecular complexity index is 890. The molecule has 3 amide bonds.